The van der Waals surface area contributed by atoms with Crippen LogP contribution in [0.25, 0.3) is 0 Å². The molecule has 172 valence electrons. The van der Waals surface area contributed by atoms with Crippen LogP contribution in [-0.2, 0) is 9.53 Å². The molecule has 2 rings (SSSR count). The molecule has 0 bridgehead atoms. The Morgan fingerprint density at radius 3 is 2.34 bits per heavy atom. The lowest BCUT2D eigenvalue weighted by atomic mass is 10.0. The topological polar surface area (TPSA) is 111 Å². The molecule has 2 N–H and O–H groups in total. The zero-order valence-corrected chi connectivity index (χ0v) is 19.5. The lowest BCUT2D eigenvalue weighted by molar-refractivity contribution is -0.383. The number of anilines is 2. The number of carbonyl (C=O) groups excluding carboxylic acids is 2. The maximum Gasteiger partial charge on any atom is 0.329 e. The molecule has 0 aliphatic heterocycles. The number of nitrogens with one attached hydrogen (secondary N) is 2. The van der Waals surface area contributed by atoms with Gasteiger partial charge in [-0.05, 0) is 57.4 Å². The van der Waals surface area contributed by atoms with Crippen LogP contribution in [0.2, 0.25) is 5.02 Å². The van der Waals surface area contributed by atoms with E-state index in [2.05, 4.69) is 10.6 Å². The number of nitro groups is 1. The van der Waals surface area contributed by atoms with E-state index in [-0.39, 0.29) is 22.9 Å². The fourth-order valence-electron chi connectivity index (χ4n) is 2.94. The van der Waals surface area contributed by atoms with Crippen LogP contribution < -0.4 is 10.6 Å². The zero-order valence-electron chi connectivity index (χ0n) is 18.8. The fourth-order valence-corrected chi connectivity index (χ4v) is 3.12. The van der Waals surface area contributed by atoms with Crippen molar-refractivity contribution in [2.45, 2.75) is 52.7 Å². The Kier molecular flexibility index (Phi) is 8.21. The molecule has 1 atom stereocenters. The number of nitrogens with zero attached hydrogens (tertiary/aromatic N) is 1. The van der Waals surface area contributed by atoms with Crippen molar-refractivity contribution in [3.05, 3.63) is 63.2 Å². The molecule has 0 heterocycles. The van der Waals surface area contributed by atoms with Gasteiger partial charge in [0.25, 0.3) is 11.6 Å². The Morgan fingerprint density at radius 1 is 1.12 bits per heavy atom. The van der Waals surface area contributed by atoms with Gasteiger partial charge in [0, 0.05) is 11.6 Å². The second kappa shape index (κ2) is 10.5. The monoisotopic (exact) mass is 461 g/mol. The maximum atomic E-state index is 12.8. The highest BCUT2D eigenvalue weighted by Gasteiger charge is 2.28. The molecule has 0 spiro atoms. The summed E-state index contributed by atoms with van der Waals surface area (Å²) in [7, 11) is 0. The quantitative estimate of drug-likeness (QED) is 0.306. The van der Waals surface area contributed by atoms with Gasteiger partial charge in [0.2, 0.25) is 0 Å². The normalized spacial score (nSPS) is 12.2. The predicted octanol–water partition coefficient (Wildman–Crippen LogP) is 5.48. The number of para-hydroxylation sites is 1. The molecule has 0 fully saturated rings. The SMILES string of the molecule is CC(C)C[C@H](NC(=O)c1ccc(Nc2ccccc2Cl)c([N+](=O)[O-])c1)C(=O)OC(C)(C)C. The van der Waals surface area contributed by atoms with E-state index >= 15 is 0 Å². The summed E-state index contributed by atoms with van der Waals surface area (Å²) in [6.07, 6.45) is 0.370. The highest BCUT2D eigenvalue weighted by Crippen LogP contribution is 2.31. The third-order valence-corrected chi connectivity index (χ3v) is 4.63. The smallest absolute Gasteiger partial charge is 0.329 e. The van der Waals surface area contributed by atoms with Crippen LogP contribution in [-0.4, -0.2) is 28.4 Å². The van der Waals surface area contributed by atoms with Crippen molar-refractivity contribution in [1.29, 1.82) is 0 Å². The molecule has 0 saturated heterocycles. The number of hydrogen-bond donors (Lipinski definition) is 2. The number of hydrogen-bond acceptors (Lipinski definition) is 6. The average molecular weight is 462 g/mol. The van der Waals surface area contributed by atoms with Crippen LogP contribution in [0.1, 0.15) is 51.4 Å². The van der Waals surface area contributed by atoms with Crippen LogP contribution in [0.3, 0.4) is 0 Å². The number of ether oxygens (including phenoxy) is 1. The molecule has 8 nitrogen and oxygen atoms in total. The molecule has 0 saturated carbocycles. The third-order valence-electron chi connectivity index (χ3n) is 4.30. The van der Waals surface area contributed by atoms with E-state index in [0.717, 1.165) is 6.07 Å². The van der Waals surface area contributed by atoms with E-state index < -0.39 is 28.4 Å². The molecule has 0 aromatic heterocycles. The molecule has 2 aromatic rings. The molecule has 1 amide bonds. The first-order valence-corrected chi connectivity index (χ1v) is 10.6. The Morgan fingerprint density at radius 2 is 1.78 bits per heavy atom. The van der Waals surface area contributed by atoms with Gasteiger partial charge >= 0.3 is 5.97 Å². The van der Waals surface area contributed by atoms with Crippen molar-refractivity contribution in [2.24, 2.45) is 5.92 Å². The number of benzene rings is 2. The molecule has 32 heavy (non-hydrogen) atoms. The number of halogens is 1. The van der Waals surface area contributed by atoms with E-state index in [1.54, 1.807) is 45.0 Å². The Hall–Kier alpha value is -3.13. The Balaban J connectivity index is 2.28. The van der Waals surface area contributed by atoms with Crippen molar-refractivity contribution in [2.75, 3.05) is 5.32 Å². The van der Waals surface area contributed by atoms with Crippen LogP contribution >= 0.6 is 11.6 Å². The first-order chi connectivity index (χ1) is 14.9. The molecule has 0 radical (unpaired) electrons. The van der Waals surface area contributed by atoms with Crippen molar-refractivity contribution >= 4 is 40.5 Å². The largest absolute Gasteiger partial charge is 0.458 e. The molecule has 9 heteroatoms. The summed E-state index contributed by atoms with van der Waals surface area (Å²) < 4.78 is 5.41. The molecular weight excluding hydrogens is 434 g/mol. The average Bonchev–Trinajstić information content (AvgIpc) is 2.67. The summed E-state index contributed by atoms with van der Waals surface area (Å²) in [5.74, 6) is -1.04. The fraction of sp³-hybridized carbons (Fsp3) is 0.391. The lowest BCUT2D eigenvalue weighted by Gasteiger charge is -2.25. The lowest BCUT2D eigenvalue weighted by Crippen LogP contribution is -2.44. The third kappa shape index (κ3) is 7.23. The van der Waals surface area contributed by atoms with Gasteiger partial charge in [-0.25, -0.2) is 4.79 Å². The van der Waals surface area contributed by atoms with Gasteiger partial charge < -0.3 is 15.4 Å². The Bertz CT molecular complexity index is 1000. The van der Waals surface area contributed by atoms with Crippen molar-refractivity contribution in [1.82, 2.24) is 5.32 Å². The Labute approximate surface area is 192 Å². The van der Waals surface area contributed by atoms with Gasteiger partial charge in [0.15, 0.2) is 0 Å². The minimum atomic E-state index is -0.873. The van der Waals surface area contributed by atoms with E-state index in [9.17, 15) is 19.7 Å². The van der Waals surface area contributed by atoms with Crippen LogP contribution in [0.15, 0.2) is 42.5 Å². The number of rotatable bonds is 8. The first-order valence-electron chi connectivity index (χ1n) is 10.2. The summed E-state index contributed by atoms with van der Waals surface area (Å²) in [5, 5.41) is 17.6. The van der Waals surface area contributed by atoms with Gasteiger partial charge in [-0.15, -0.1) is 0 Å². The van der Waals surface area contributed by atoms with Crippen LogP contribution in [0.4, 0.5) is 17.1 Å². The number of amides is 1. The summed E-state index contributed by atoms with van der Waals surface area (Å²) in [6, 6.07) is 10.00. The second-order valence-electron chi connectivity index (χ2n) is 8.78. The van der Waals surface area contributed by atoms with Gasteiger partial charge in [-0.2, -0.15) is 0 Å². The van der Waals surface area contributed by atoms with Crippen LogP contribution in [0, 0.1) is 16.0 Å². The van der Waals surface area contributed by atoms with E-state index in [4.69, 9.17) is 16.3 Å². The molecular formula is C23H28ClN3O5. The van der Waals surface area contributed by atoms with Crippen molar-refractivity contribution < 1.29 is 19.2 Å². The molecule has 0 unspecified atom stereocenters. The van der Waals surface area contributed by atoms with E-state index in [1.807, 2.05) is 13.8 Å². The predicted molar refractivity (Wildman–Crippen MR) is 124 cm³/mol. The van der Waals surface area contributed by atoms with E-state index in [0.29, 0.717) is 17.1 Å². The summed E-state index contributed by atoms with van der Waals surface area (Å²) >= 11 is 6.12. The van der Waals surface area contributed by atoms with Gasteiger partial charge in [-0.1, -0.05) is 37.6 Å². The number of carbonyl (C=O) groups is 2. The summed E-state index contributed by atoms with van der Waals surface area (Å²) in [5.41, 5.74) is -0.266. The first kappa shape index (κ1) is 25.1. The summed E-state index contributed by atoms with van der Waals surface area (Å²) in [4.78, 5) is 36.4. The van der Waals surface area contributed by atoms with Gasteiger partial charge in [0.05, 0.1) is 15.6 Å². The maximum absolute atomic E-state index is 12.8. The molecule has 2 aromatic carbocycles. The van der Waals surface area contributed by atoms with Crippen LogP contribution in [0.5, 0.6) is 0 Å². The minimum Gasteiger partial charge on any atom is -0.458 e. The minimum absolute atomic E-state index is 0.0544. The summed E-state index contributed by atoms with van der Waals surface area (Å²) in [6.45, 7) is 9.07. The number of esters is 1. The van der Waals surface area contributed by atoms with Gasteiger partial charge in [0.1, 0.15) is 17.3 Å². The highest BCUT2D eigenvalue weighted by atomic mass is 35.5. The number of nitro benzene ring substituents is 1. The van der Waals surface area contributed by atoms with Crippen molar-refractivity contribution in [3.8, 4) is 0 Å². The highest BCUT2D eigenvalue weighted by molar-refractivity contribution is 6.33. The van der Waals surface area contributed by atoms with Gasteiger partial charge in [-0.3, -0.25) is 14.9 Å². The second-order valence-corrected chi connectivity index (χ2v) is 9.19. The zero-order chi connectivity index (χ0) is 24.1. The standard InChI is InChI=1S/C23H28ClN3O5/c1-14(2)12-19(22(29)32-23(3,4)5)26-21(28)15-10-11-18(20(13-15)27(30)31)25-17-9-7-6-8-16(17)24/h6-11,13-14,19,25H,12H2,1-5H3,(H,26,28)/t19-/m0/s1. The molecule has 0 aliphatic rings. The van der Waals surface area contributed by atoms with Crippen molar-refractivity contribution in [3.63, 3.8) is 0 Å². The van der Waals surface area contributed by atoms with E-state index in [1.165, 1.54) is 12.1 Å². The molecule has 0 aliphatic carbocycles.